The number of hydrogen-bond donors (Lipinski definition) is 1. The van der Waals surface area contributed by atoms with Gasteiger partial charge in [0.05, 0.1) is 12.4 Å². The molecular weight excluding hydrogens is 142 g/mol. The number of hydrogen-bond acceptors (Lipinski definition) is 2. The molecule has 0 spiro atoms. The van der Waals surface area contributed by atoms with Crippen molar-refractivity contribution in [3.8, 4) is 0 Å². The first-order valence-electron chi connectivity index (χ1n) is 2.07. The van der Waals surface area contributed by atoms with Gasteiger partial charge in [-0.2, -0.15) is 8.42 Å². The Morgan fingerprint density at radius 1 is 1.56 bits per heavy atom. The standard InChI is InChI=1S/C3H7FO3S.Li.H/c4-2-1-3-8(5,6)7;;/h1-3H2,(H,5,6,7);;/q;+1;-1. The number of rotatable bonds is 3. The molecule has 9 heavy (non-hydrogen) atoms. The van der Waals surface area contributed by atoms with E-state index in [-0.39, 0.29) is 26.7 Å². The molecule has 52 valence electrons. The first kappa shape index (κ1) is 12.1. The van der Waals surface area contributed by atoms with Gasteiger partial charge in [-0.3, -0.25) is 8.94 Å². The second-order valence-corrected chi connectivity index (χ2v) is 2.90. The molecule has 0 heterocycles. The molecule has 0 unspecified atom stereocenters. The van der Waals surface area contributed by atoms with Gasteiger partial charge in [-0.1, -0.05) is 0 Å². The van der Waals surface area contributed by atoms with Crippen molar-refractivity contribution >= 4 is 10.1 Å². The molecule has 0 aromatic heterocycles. The van der Waals surface area contributed by atoms with Crippen molar-refractivity contribution in [2.45, 2.75) is 6.42 Å². The van der Waals surface area contributed by atoms with Crippen LogP contribution in [0.25, 0.3) is 0 Å². The van der Waals surface area contributed by atoms with Crippen molar-refractivity contribution in [3.05, 3.63) is 0 Å². The van der Waals surface area contributed by atoms with Gasteiger partial charge in [0.2, 0.25) is 0 Å². The molecular formula is C3H8FLiO3S. The molecule has 0 radical (unpaired) electrons. The molecule has 0 aromatic carbocycles. The molecule has 0 atom stereocenters. The smallest absolute Gasteiger partial charge is 1.00 e. The quantitative estimate of drug-likeness (QED) is 0.353. The maximum absolute atomic E-state index is 11.1. The van der Waals surface area contributed by atoms with Crippen LogP contribution < -0.4 is 18.9 Å². The SMILES string of the molecule is O=S(=O)(O)CCCF.[H-].[Li+]. The Hall–Kier alpha value is 0.437. The van der Waals surface area contributed by atoms with Crippen LogP contribution in [0.15, 0.2) is 0 Å². The van der Waals surface area contributed by atoms with Gasteiger partial charge in [-0.05, 0) is 6.42 Å². The summed E-state index contributed by atoms with van der Waals surface area (Å²) in [4.78, 5) is 0. The fourth-order valence-electron chi connectivity index (χ4n) is 0.237. The van der Waals surface area contributed by atoms with E-state index in [0.717, 1.165) is 0 Å². The summed E-state index contributed by atoms with van der Waals surface area (Å²) in [5.74, 6) is -0.483. The Bertz CT molecular complexity index is 148. The molecule has 0 aromatic rings. The van der Waals surface area contributed by atoms with Crippen LogP contribution in [0.4, 0.5) is 4.39 Å². The van der Waals surface area contributed by atoms with Gasteiger partial charge in [-0.15, -0.1) is 0 Å². The van der Waals surface area contributed by atoms with E-state index in [9.17, 15) is 12.8 Å². The van der Waals surface area contributed by atoms with Gasteiger partial charge in [-0.25, -0.2) is 0 Å². The minimum absolute atomic E-state index is 0. The van der Waals surface area contributed by atoms with E-state index in [1.165, 1.54) is 0 Å². The first-order valence-corrected chi connectivity index (χ1v) is 3.68. The second kappa shape index (κ2) is 5.24. The van der Waals surface area contributed by atoms with Crippen molar-refractivity contribution in [2.24, 2.45) is 0 Å². The van der Waals surface area contributed by atoms with Crippen molar-refractivity contribution in [1.82, 2.24) is 0 Å². The first-order chi connectivity index (χ1) is 3.56. The number of alkyl halides is 1. The van der Waals surface area contributed by atoms with Gasteiger partial charge in [0.25, 0.3) is 10.1 Å². The van der Waals surface area contributed by atoms with Gasteiger partial charge in [0, 0.05) is 0 Å². The fourth-order valence-corrected chi connectivity index (χ4v) is 0.711. The average molecular weight is 150 g/mol. The minimum Gasteiger partial charge on any atom is -1.00 e. The molecule has 0 rings (SSSR count). The Labute approximate surface area is 67.0 Å². The zero-order valence-electron chi connectivity index (χ0n) is 6.17. The zero-order valence-corrected chi connectivity index (χ0v) is 5.99. The topological polar surface area (TPSA) is 54.4 Å². The molecule has 0 aliphatic carbocycles. The summed E-state index contributed by atoms with van der Waals surface area (Å²) in [6.07, 6.45) is -0.126. The van der Waals surface area contributed by atoms with Crippen LogP contribution in [0.1, 0.15) is 7.85 Å². The molecule has 1 N–H and O–H groups in total. The van der Waals surface area contributed by atoms with Crippen molar-refractivity contribution in [2.75, 3.05) is 12.4 Å². The van der Waals surface area contributed by atoms with E-state index in [1.807, 2.05) is 0 Å². The predicted octanol–water partition coefficient (Wildman–Crippen LogP) is -2.65. The van der Waals surface area contributed by atoms with Crippen LogP contribution in [-0.2, 0) is 10.1 Å². The van der Waals surface area contributed by atoms with Crippen LogP contribution >= 0.6 is 0 Å². The Kier molecular flexibility index (Phi) is 7.07. The van der Waals surface area contributed by atoms with Gasteiger partial charge < -0.3 is 1.43 Å². The molecule has 6 heteroatoms. The second-order valence-electron chi connectivity index (χ2n) is 1.33. The average Bonchev–Trinajstić information content (AvgIpc) is 1.59. The molecule has 0 aliphatic heterocycles. The molecule has 0 bridgehead atoms. The molecule has 0 aliphatic rings. The Morgan fingerprint density at radius 2 is 2.00 bits per heavy atom. The van der Waals surface area contributed by atoms with E-state index in [1.54, 1.807) is 0 Å². The van der Waals surface area contributed by atoms with Crippen LogP contribution in [0, 0.1) is 0 Å². The predicted molar refractivity (Wildman–Crippen MR) is 28.1 cm³/mol. The largest absolute Gasteiger partial charge is 1.00 e. The summed E-state index contributed by atoms with van der Waals surface area (Å²) >= 11 is 0. The third-order valence-electron chi connectivity index (χ3n) is 0.536. The maximum Gasteiger partial charge on any atom is 1.00 e. The van der Waals surface area contributed by atoms with Crippen molar-refractivity contribution in [3.63, 3.8) is 0 Å². The summed E-state index contributed by atoms with van der Waals surface area (Å²) in [6, 6.07) is 0. The van der Waals surface area contributed by atoms with E-state index in [4.69, 9.17) is 4.55 Å². The number of halogens is 1. The van der Waals surface area contributed by atoms with Crippen LogP contribution in [0.2, 0.25) is 0 Å². The summed E-state index contributed by atoms with van der Waals surface area (Å²) < 4.78 is 38.7. The van der Waals surface area contributed by atoms with E-state index < -0.39 is 22.5 Å². The fraction of sp³-hybridized carbons (Fsp3) is 1.00. The van der Waals surface area contributed by atoms with Crippen LogP contribution in [0.3, 0.4) is 0 Å². The normalized spacial score (nSPS) is 10.4. The van der Waals surface area contributed by atoms with Gasteiger partial charge >= 0.3 is 18.9 Å². The van der Waals surface area contributed by atoms with Gasteiger partial charge in [0.15, 0.2) is 0 Å². The monoisotopic (exact) mass is 150 g/mol. The molecule has 3 nitrogen and oxygen atoms in total. The van der Waals surface area contributed by atoms with E-state index >= 15 is 0 Å². The van der Waals surface area contributed by atoms with Gasteiger partial charge in [0.1, 0.15) is 0 Å². The Balaban J connectivity index is -0.000000245. The summed E-state index contributed by atoms with van der Waals surface area (Å²) in [5, 5.41) is 0. The third kappa shape index (κ3) is 11.8. The van der Waals surface area contributed by atoms with E-state index in [0.29, 0.717) is 0 Å². The van der Waals surface area contributed by atoms with Crippen LogP contribution in [-0.4, -0.2) is 25.4 Å². The molecule has 0 amide bonds. The third-order valence-corrected chi connectivity index (χ3v) is 1.34. The summed E-state index contributed by atoms with van der Waals surface area (Å²) in [5.41, 5.74) is 0. The minimum atomic E-state index is -3.93. The van der Waals surface area contributed by atoms with Crippen molar-refractivity contribution < 1.29 is 37.6 Å². The van der Waals surface area contributed by atoms with E-state index in [2.05, 4.69) is 0 Å². The van der Waals surface area contributed by atoms with Crippen LogP contribution in [0.5, 0.6) is 0 Å². The summed E-state index contributed by atoms with van der Waals surface area (Å²) in [7, 11) is -3.93. The maximum atomic E-state index is 11.1. The molecule has 0 fully saturated rings. The van der Waals surface area contributed by atoms with Crippen molar-refractivity contribution in [1.29, 1.82) is 0 Å². The molecule has 0 saturated heterocycles. The summed E-state index contributed by atoms with van der Waals surface area (Å²) in [6.45, 7) is -0.709. The Morgan fingerprint density at radius 3 is 2.11 bits per heavy atom. The molecule has 0 saturated carbocycles. The zero-order chi connectivity index (χ0) is 6.62.